The molecule has 0 bridgehead atoms. The quantitative estimate of drug-likeness (QED) is 0.394. The van der Waals surface area contributed by atoms with Gasteiger partial charge in [-0.3, -0.25) is 14.5 Å². The Morgan fingerprint density at radius 2 is 1.64 bits per heavy atom. The molecule has 1 aliphatic rings. The molecule has 3 aromatic carbocycles. The van der Waals surface area contributed by atoms with E-state index in [0.29, 0.717) is 16.4 Å². The maximum atomic E-state index is 13.3. The fourth-order valence-electron chi connectivity index (χ4n) is 3.19. The molecule has 1 fully saturated rings. The lowest BCUT2D eigenvalue weighted by molar-refractivity contribution is -0.123. The van der Waals surface area contributed by atoms with Crippen molar-refractivity contribution in [2.24, 2.45) is 0 Å². The van der Waals surface area contributed by atoms with Gasteiger partial charge in [-0.15, -0.1) is 0 Å². The van der Waals surface area contributed by atoms with Crippen molar-refractivity contribution < 1.29 is 23.5 Å². The molecule has 1 aliphatic heterocycles. The Bertz CT molecular complexity index is 1180. The fraction of sp³-hybridized carbons (Fsp3) is 0.154. The number of rotatable bonds is 8. The third-order valence-corrected chi connectivity index (χ3v) is 5.86. The number of amides is 2. The molecule has 0 aromatic heterocycles. The molecule has 0 spiro atoms. The Hall–Kier alpha value is -3.58. The Morgan fingerprint density at radius 1 is 0.939 bits per heavy atom. The van der Waals surface area contributed by atoms with E-state index in [1.165, 1.54) is 17.0 Å². The van der Waals surface area contributed by atoms with E-state index in [0.717, 1.165) is 28.5 Å². The van der Waals surface area contributed by atoms with Crippen molar-refractivity contribution in [1.82, 2.24) is 4.90 Å². The summed E-state index contributed by atoms with van der Waals surface area (Å²) in [4.78, 5) is 26.5. The molecular formula is C26H22FNO4S. The predicted molar refractivity (Wildman–Crippen MR) is 127 cm³/mol. The molecule has 0 radical (unpaired) electrons. The van der Waals surface area contributed by atoms with Gasteiger partial charge in [-0.1, -0.05) is 42.0 Å². The summed E-state index contributed by atoms with van der Waals surface area (Å²) in [7, 11) is 0. The van der Waals surface area contributed by atoms with Crippen molar-refractivity contribution in [3.05, 3.63) is 100 Å². The van der Waals surface area contributed by atoms with Gasteiger partial charge in [0.2, 0.25) is 0 Å². The van der Waals surface area contributed by atoms with Crippen molar-refractivity contribution in [2.75, 3.05) is 13.2 Å². The van der Waals surface area contributed by atoms with Gasteiger partial charge in [-0.2, -0.15) is 0 Å². The molecule has 1 saturated heterocycles. The fourth-order valence-corrected chi connectivity index (χ4v) is 4.05. The van der Waals surface area contributed by atoms with Crippen LogP contribution in [-0.2, 0) is 11.4 Å². The zero-order valence-corrected chi connectivity index (χ0v) is 18.8. The standard InChI is InChI=1S/C26H22FNO4S/c1-18-5-9-22(10-6-18)31-14-13-28-25(29)24(33-26(28)30)16-19-7-11-23(12-8-19)32-17-20-3-2-4-21(27)15-20/h2-12,15-16H,13-14,17H2,1H3/b24-16-. The Morgan fingerprint density at radius 3 is 2.36 bits per heavy atom. The highest BCUT2D eigenvalue weighted by atomic mass is 32.2. The van der Waals surface area contributed by atoms with Crippen LogP contribution in [0.25, 0.3) is 6.08 Å². The van der Waals surface area contributed by atoms with Crippen molar-refractivity contribution in [3.63, 3.8) is 0 Å². The van der Waals surface area contributed by atoms with Crippen LogP contribution in [0.4, 0.5) is 9.18 Å². The first-order valence-electron chi connectivity index (χ1n) is 10.4. The maximum absolute atomic E-state index is 13.3. The van der Waals surface area contributed by atoms with E-state index in [9.17, 15) is 14.0 Å². The van der Waals surface area contributed by atoms with Gasteiger partial charge < -0.3 is 9.47 Å². The SMILES string of the molecule is Cc1ccc(OCCN2C(=O)S/C(=C\c3ccc(OCc4cccc(F)c4)cc3)C2=O)cc1. The van der Waals surface area contributed by atoms with Gasteiger partial charge in [0.15, 0.2) is 0 Å². The van der Waals surface area contributed by atoms with E-state index < -0.39 is 0 Å². The average molecular weight is 464 g/mol. The second-order valence-electron chi connectivity index (χ2n) is 7.48. The summed E-state index contributed by atoms with van der Waals surface area (Å²) in [6.45, 7) is 2.65. The molecule has 1 heterocycles. The Kier molecular flexibility index (Phi) is 7.10. The minimum absolute atomic E-state index is 0.183. The van der Waals surface area contributed by atoms with Gasteiger partial charge in [0, 0.05) is 0 Å². The zero-order chi connectivity index (χ0) is 23.2. The van der Waals surface area contributed by atoms with E-state index in [2.05, 4.69) is 0 Å². The Labute approximate surface area is 195 Å². The number of halogens is 1. The number of carbonyl (C=O) groups excluding carboxylic acids is 2. The third kappa shape index (κ3) is 6.02. The highest BCUT2D eigenvalue weighted by molar-refractivity contribution is 8.18. The molecule has 0 aliphatic carbocycles. The first-order valence-corrected chi connectivity index (χ1v) is 11.2. The molecule has 4 rings (SSSR count). The van der Waals surface area contributed by atoms with Crippen LogP contribution < -0.4 is 9.47 Å². The van der Waals surface area contributed by atoms with Crippen LogP contribution in [0, 0.1) is 12.7 Å². The summed E-state index contributed by atoms with van der Waals surface area (Å²) >= 11 is 0.914. The van der Waals surface area contributed by atoms with E-state index in [1.807, 2.05) is 31.2 Å². The number of benzene rings is 3. The van der Waals surface area contributed by atoms with Gasteiger partial charge in [0.05, 0.1) is 11.4 Å². The molecule has 2 amide bonds. The molecule has 3 aromatic rings. The highest BCUT2D eigenvalue weighted by Crippen LogP contribution is 2.32. The largest absolute Gasteiger partial charge is 0.492 e. The normalized spacial score (nSPS) is 14.7. The van der Waals surface area contributed by atoms with Crippen LogP contribution in [-0.4, -0.2) is 29.2 Å². The summed E-state index contributed by atoms with van der Waals surface area (Å²) in [6.07, 6.45) is 1.68. The molecule has 0 N–H and O–H groups in total. The smallest absolute Gasteiger partial charge is 0.293 e. The Balaban J connectivity index is 1.32. The van der Waals surface area contributed by atoms with Crippen LogP contribution >= 0.6 is 11.8 Å². The minimum Gasteiger partial charge on any atom is -0.492 e. The molecule has 33 heavy (non-hydrogen) atoms. The van der Waals surface area contributed by atoms with Crippen molar-refractivity contribution in [3.8, 4) is 11.5 Å². The monoisotopic (exact) mass is 463 g/mol. The molecule has 168 valence electrons. The number of hydrogen-bond donors (Lipinski definition) is 0. The van der Waals surface area contributed by atoms with Crippen molar-refractivity contribution in [1.29, 1.82) is 0 Å². The van der Waals surface area contributed by atoms with Gasteiger partial charge in [0.1, 0.15) is 30.5 Å². The van der Waals surface area contributed by atoms with E-state index in [1.54, 1.807) is 42.5 Å². The summed E-state index contributed by atoms with van der Waals surface area (Å²) < 4.78 is 24.6. The van der Waals surface area contributed by atoms with E-state index in [-0.39, 0.29) is 36.7 Å². The number of hydrogen-bond acceptors (Lipinski definition) is 5. The lowest BCUT2D eigenvalue weighted by Crippen LogP contribution is -2.32. The predicted octanol–water partition coefficient (Wildman–Crippen LogP) is 5.83. The number of aryl methyl sites for hydroxylation is 1. The molecule has 7 heteroatoms. The van der Waals surface area contributed by atoms with E-state index in [4.69, 9.17) is 9.47 Å². The first kappa shape index (κ1) is 22.6. The second-order valence-corrected chi connectivity index (χ2v) is 8.48. The van der Waals surface area contributed by atoms with Crippen molar-refractivity contribution >= 4 is 29.0 Å². The first-order chi connectivity index (χ1) is 16.0. The average Bonchev–Trinajstić information content (AvgIpc) is 3.07. The van der Waals surface area contributed by atoms with Gasteiger partial charge in [0.25, 0.3) is 11.1 Å². The summed E-state index contributed by atoms with van der Waals surface area (Å²) in [6, 6.07) is 21.0. The topological polar surface area (TPSA) is 55.8 Å². The minimum atomic E-state index is -0.330. The van der Waals surface area contributed by atoms with Crippen LogP contribution in [0.2, 0.25) is 0 Å². The van der Waals surface area contributed by atoms with E-state index >= 15 is 0 Å². The number of thioether (sulfide) groups is 1. The van der Waals surface area contributed by atoms with Gasteiger partial charge in [-0.05, 0) is 72.3 Å². The number of ether oxygens (including phenoxy) is 2. The van der Waals surface area contributed by atoms with Crippen LogP contribution in [0.1, 0.15) is 16.7 Å². The van der Waals surface area contributed by atoms with Crippen LogP contribution in [0.3, 0.4) is 0 Å². The second kappa shape index (κ2) is 10.4. The molecule has 5 nitrogen and oxygen atoms in total. The zero-order valence-electron chi connectivity index (χ0n) is 18.0. The molecular weight excluding hydrogens is 441 g/mol. The molecule has 0 atom stereocenters. The summed E-state index contributed by atoms with van der Waals surface area (Å²) in [5.41, 5.74) is 2.64. The van der Waals surface area contributed by atoms with Crippen LogP contribution in [0.5, 0.6) is 11.5 Å². The lowest BCUT2D eigenvalue weighted by Gasteiger charge is -2.13. The highest BCUT2D eigenvalue weighted by Gasteiger charge is 2.34. The van der Waals surface area contributed by atoms with Crippen molar-refractivity contribution in [2.45, 2.75) is 13.5 Å². The summed E-state index contributed by atoms with van der Waals surface area (Å²) in [5.74, 6) is 0.687. The van der Waals surface area contributed by atoms with Gasteiger partial charge in [-0.25, -0.2) is 4.39 Å². The number of nitrogens with zero attached hydrogens (tertiary/aromatic N) is 1. The maximum Gasteiger partial charge on any atom is 0.293 e. The third-order valence-electron chi connectivity index (χ3n) is 4.95. The van der Waals surface area contributed by atoms with Gasteiger partial charge >= 0.3 is 0 Å². The number of imide groups is 1. The van der Waals surface area contributed by atoms with Crippen LogP contribution in [0.15, 0.2) is 77.7 Å². The lowest BCUT2D eigenvalue weighted by atomic mass is 10.2. The molecule has 0 saturated carbocycles. The summed E-state index contributed by atoms with van der Waals surface area (Å²) in [5, 5.41) is -0.311. The number of carbonyl (C=O) groups is 2. The molecule has 0 unspecified atom stereocenters.